The third-order valence-electron chi connectivity index (χ3n) is 12.2. The maximum atomic E-state index is 11.4. The molecule has 0 bridgehead atoms. The molecule has 4 aliphatic carbocycles. The minimum absolute atomic E-state index is 0.0198. The van der Waals surface area contributed by atoms with E-state index in [1.165, 1.54) is 44.9 Å². The number of hydrogen-bond donors (Lipinski definition) is 2. The smallest absolute Gasteiger partial charge is 0.188 e. The van der Waals surface area contributed by atoms with Crippen LogP contribution in [0.5, 0.6) is 0 Å². The predicted octanol–water partition coefficient (Wildman–Crippen LogP) is 7.59. The standard InChI is InChI=1S/C30H52O2/c1-20(2)10-9-11-21(3)22-14-16-27(6)23(22)12-13-25-28(27,7)17-15-24-26(4,5)18-19-30(31,32)29(24,25)8/h18-25,31-32H,9-17H2,1-8H3/t21-,22-,23-,24+,25+,27-,28-,29+/m1/s1. The second-order valence-electron chi connectivity index (χ2n) is 14.3. The molecule has 2 nitrogen and oxygen atoms in total. The molecule has 8 atom stereocenters. The van der Waals surface area contributed by atoms with Gasteiger partial charge in [-0.15, -0.1) is 0 Å². The Morgan fingerprint density at radius 2 is 1.44 bits per heavy atom. The van der Waals surface area contributed by atoms with E-state index in [-0.39, 0.29) is 10.8 Å². The fraction of sp³-hybridized carbons (Fsp3) is 0.933. The second-order valence-corrected chi connectivity index (χ2v) is 14.3. The maximum Gasteiger partial charge on any atom is 0.188 e. The molecule has 0 aliphatic heterocycles. The van der Waals surface area contributed by atoms with Crippen molar-refractivity contribution in [3.05, 3.63) is 12.2 Å². The first-order valence-corrected chi connectivity index (χ1v) is 13.9. The molecule has 4 rings (SSSR count). The van der Waals surface area contributed by atoms with Gasteiger partial charge in [0.2, 0.25) is 0 Å². The van der Waals surface area contributed by atoms with Gasteiger partial charge in [-0.2, -0.15) is 0 Å². The van der Waals surface area contributed by atoms with Crippen LogP contribution in [0.25, 0.3) is 0 Å². The molecule has 0 heterocycles. The topological polar surface area (TPSA) is 40.5 Å². The molecule has 0 aromatic heterocycles. The van der Waals surface area contributed by atoms with Crippen molar-refractivity contribution in [2.24, 2.45) is 57.2 Å². The molecule has 0 aromatic carbocycles. The van der Waals surface area contributed by atoms with Crippen molar-refractivity contribution in [2.45, 2.75) is 119 Å². The lowest BCUT2D eigenvalue weighted by molar-refractivity contribution is -0.306. The summed E-state index contributed by atoms with van der Waals surface area (Å²) in [6.07, 6.45) is 15.4. The van der Waals surface area contributed by atoms with Gasteiger partial charge in [-0.05, 0) is 96.4 Å². The first kappa shape index (κ1) is 24.8. The number of aliphatic hydroxyl groups is 2. The molecule has 3 fully saturated rings. The third-order valence-corrected chi connectivity index (χ3v) is 12.2. The lowest BCUT2D eigenvalue weighted by atomic mass is 9.35. The Morgan fingerprint density at radius 1 is 0.781 bits per heavy atom. The Bertz CT molecular complexity index is 735. The van der Waals surface area contributed by atoms with E-state index in [1.807, 2.05) is 0 Å². The van der Waals surface area contributed by atoms with E-state index in [0.29, 0.717) is 17.3 Å². The first-order valence-electron chi connectivity index (χ1n) is 13.9. The Hall–Kier alpha value is -0.340. The van der Waals surface area contributed by atoms with E-state index < -0.39 is 11.2 Å². The Labute approximate surface area is 198 Å². The SMILES string of the molecule is CC(C)CCC[C@@H](C)[C@H]1CC[C@]2(C)[C@@H]1CC[C@@H]1[C@]3(C)[C@@H](CC[C@]12C)C(C)(C)C=CC3(O)O. The van der Waals surface area contributed by atoms with Crippen LogP contribution in [0, 0.1) is 57.2 Å². The van der Waals surface area contributed by atoms with Gasteiger partial charge in [-0.1, -0.05) is 80.7 Å². The van der Waals surface area contributed by atoms with Crippen LogP contribution in [0.4, 0.5) is 0 Å². The van der Waals surface area contributed by atoms with Crippen molar-refractivity contribution in [1.82, 2.24) is 0 Å². The number of hydrogen-bond acceptors (Lipinski definition) is 2. The van der Waals surface area contributed by atoms with Crippen LogP contribution in [0.3, 0.4) is 0 Å². The Morgan fingerprint density at radius 3 is 2.09 bits per heavy atom. The van der Waals surface area contributed by atoms with Gasteiger partial charge in [0.15, 0.2) is 5.79 Å². The molecule has 0 saturated heterocycles. The summed E-state index contributed by atoms with van der Waals surface area (Å²) >= 11 is 0. The molecule has 0 radical (unpaired) electrons. The number of allylic oxidation sites excluding steroid dienone is 1. The van der Waals surface area contributed by atoms with Crippen LogP contribution in [-0.2, 0) is 0 Å². The van der Waals surface area contributed by atoms with Crippen molar-refractivity contribution < 1.29 is 10.2 Å². The average molecular weight is 445 g/mol. The fourth-order valence-electron chi connectivity index (χ4n) is 10.1. The molecule has 0 amide bonds. The highest BCUT2D eigenvalue weighted by atomic mass is 16.5. The second kappa shape index (κ2) is 7.84. The van der Waals surface area contributed by atoms with Crippen molar-refractivity contribution in [2.75, 3.05) is 0 Å². The van der Waals surface area contributed by atoms with E-state index in [1.54, 1.807) is 6.08 Å². The molecule has 0 unspecified atom stereocenters. The molecule has 0 aromatic rings. The summed E-state index contributed by atoms with van der Waals surface area (Å²) in [5.74, 6) is 2.27. The molecule has 0 spiro atoms. The van der Waals surface area contributed by atoms with Crippen LogP contribution in [0.15, 0.2) is 12.2 Å². The van der Waals surface area contributed by atoms with Crippen LogP contribution in [-0.4, -0.2) is 16.0 Å². The summed E-state index contributed by atoms with van der Waals surface area (Å²) in [4.78, 5) is 0. The van der Waals surface area contributed by atoms with Crippen LogP contribution >= 0.6 is 0 Å². The first-order chi connectivity index (χ1) is 14.7. The summed E-state index contributed by atoms with van der Waals surface area (Å²) in [5, 5.41) is 22.8. The molecule has 4 aliphatic rings. The largest absolute Gasteiger partial charge is 0.362 e. The van der Waals surface area contributed by atoms with Gasteiger partial charge in [0.05, 0.1) is 0 Å². The van der Waals surface area contributed by atoms with E-state index in [0.717, 1.165) is 36.5 Å². The van der Waals surface area contributed by atoms with Gasteiger partial charge in [-0.25, -0.2) is 0 Å². The summed E-state index contributed by atoms with van der Waals surface area (Å²) in [7, 11) is 0. The summed E-state index contributed by atoms with van der Waals surface area (Å²) in [5.41, 5.74) is 0.0485. The van der Waals surface area contributed by atoms with Gasteiger partial charge in [0.25, 0.3) is 0 Å². The highest BCUT2D eigenvalue weighted by Crippen LogP contribution is 2.76. The van der Waals surface area contributed by atoms with Gasteiger partial charge >= 0.3 is 0 Å². The highest BCUT2D eigenvalue weighted by Gasteiger charge is 2.71. The van der Waals surface area contributed by atoms with Crippen LogP contribution in [0.2, 0.25) is 0 Å². The van der Waals surface area contributed by atoms with Crippen molar-refractivity contribution in [3.8, 4) is 0 Å². The van der Waals surface area contributed by atoms with E-state index in [4.69, 9.17) is 0 Å². The van der Waals surface area contributed by atoms with Gasteiger partial charge in [0, 0.05) is 5.41 Å². The normalized spacial score (nSPS) is 47.6. The zero-order chi connectivity index (χ0) is 23.7. The summed E-state index contributed by atoms with van der Waals surface area (Å²) < 4.78 is 0. The molecule has 184 valence electrons. The number of rotatable bonds is 5. The van der Waals surface area contributed by atoms with Crippen LogP contribution < -0.4 is 0 Å². The summed E-state index contributed by atoms with van der Waals surface area (Å²) in [6, 6.07) is 0. The fourth-order valence-corrected chi connectivity index (χ4v) is 10.1. The van der Waals surface area contributed by atoms with Crippen LogP contribution in [0.1, 0.15) is 113 Å². The molecule has 2 N–H and O–H groups in total. The Kier molecular flexibility index (Phi) is 6.07. The lowest BCUT2D eigenvalue weighted by Gasteiger charge is -2.70. The third kappa shape index (κ3) is 3.32. The zero-order valence-corrected chi connectivity index (χ0v) is 22.4. The van der Waals surface area contributed by atoms with Gasteiger partial charge in [0.1, 0.15) is 0 Å². The molecule has 2 heteroatoms. The molecule has 3 saturated carbocycles. The Balaban J connectivity index is 1.63. The van der Waals surface area contributed by atoms with Gasteiger partial charge in [-0.3, -0.25) is 0 Å². The highest BCUT2D eigenvalue weighted by molar-refractivity contribution is 5.25. The molecular weight excluding hydrogens is 392 g/mol. The van der Waals surface area contributed by atoms with Crippen molar-refractivity contribution in [3.63, 3.8) is 0 Å². The van der Waals surface area contributed by atoms with Crippen molar-refractivity contribution >= 4 is 0 Å². The minimum Gasteiger partial charge on any atom is -0.362 e. The summed E-state index contributed by atoms with van der Waals surface area (Å²) in [6.45, 7) is 19.2. The minimum atomic E-state index is -1.70. The molecule has 32 heavy (non-hydrogen) atoms. The predicted molar refractivity (Wildman–Crippen MR) is 134 cm³/mol. The van der Waals surface area contributed by atoms with Gasteiger partial charge < -0.3 is 10.2 Å². The monoisotopic (exact) mass is 444 g/mol. The zero-order valence-electron chi connectivity index (χ0n) is 22.4. The molecular formula is C30H52O2. The number of fused-ring (bicyclic) bond motifs is 5. The van der Waals surface area contributed by atoms with E-state index in [2.05, 4.69) is 61.5 Å². The average Bonchev–Trinajstić information content (AvgIpc) is 3.04. The lowest BCUT2D eigenvalue weighted by Crippen LogP contribution is -2.68. The van der Waals surface area contributed by atoms with E-state index in [9.17, 15) is 10.2 Å². The van der Waals surface area contributed by atoms with E-state index >= 15 is 0 Å². The quantitative estimate of drug-likeness (QED) is 0.339. The maximum absolute atomic E-state index is 11.4. The van der Waals surface area contributed by atoms with Crippen molar-refractivity contribution in [1.29, 1.82) is 0 Å².